The van der Waals surface area contributed by atoms with Crippen LogP contribution in [0.4, 0.5) is 11.4 Å². The number of likely N-dealkylation sites (tertiary alicyclic amines) is 1. The molecule has 2 rings (SSSR count). The van der Waals surface area contributed by atoms with Crippen molar-refractivity contribution in [3.8, 4) is 0 Å². The van der Waals surface area contributed by atoms with Crippen LogP contribution in [0.25, 0.3) is 0 Å². The minimum Gasteiger partial charge on any atom is -0.393 e. The smallest absolute Gasteiger partial charge is 0.292 e. The fraction of sp³-hybridized carbons (Fsp3) is 0.500. The highest BCUT2D eigenvalue weighted by molar-refractivity contribution is 5.95. The van der Waals surface area contributed by atoms with Gasteiger partial charge >= 0.3 is 0 Å². The largest absolute Gasteiger partial charge is 0.393 e. The fourth-order valence-corrected chi connectivity index (χ4v) is 2.59. The second-order valence-electron chi connectivity index (χ2n) is 5.48. The van der Waals surface area contributed by atoms with E-state index in [-0.39, 0.29) is 23.3 Å². The van der Waals surface area contributed by atoms with Crippen molar-refractivity contribution in [1.29, 1.82) is 0 Å². The lowest BCUT2D eigenvalue weighted by atomic mass is 10.0. The molecular weight excluding hydrogens is 272 g/mol. The van der Waals surface area contributed by atoms with Gasteiger partial charge in [-0.15, -0.1) is 0 Å². The third kappa shape index (κ3) is 3.30. The summed E-state index contributed by atoms with van der Waals surface area (Å²) in [5.41, 5.74) is 5.70. The molecule has 1 aromatic rings. The minimum atomic E-state index is -0.568. The summed E-state index contributed by atoms with van der Waals surface area (Å²) in [6, 6.07) is 4.37. The van der Waals surface area contributed by atoms with Crippen molar-refractivity contribution in [2.24, 2.45) is 0 Å². The van der Waals surface area contributed by atoms with Crippen molar-refractivity contribution in [3.05, 3.63) is 33.9 Å². The van der Waals surface area contributed by atoms with Crippen molar-refractivity contribution in [2.75, 3.05) is 32.9 Å². The van der Waals surface area contributed by atoms with Crippen molar-refractivity contribution in [1.82, 2.24) is 9.80 Å². The van der Waals surface area contributed by atoms with Gasteiger partial charge in [-0.3, -0.25) is 14.9 Å². The molecule has 0 spiro atoms. The number of amides is 1. The Hall–Kier alpha value is -2.15. The number of benzene rings is 1. The molecule has 7 heteroatoms. The molecule has 1 aliphatic heterocycles. The molecule has 1 saturated heterocycles. The lowest BCUT2D eigenvalue weighted by molar-refractivity contribution is -0.383. The zero-order valence-corrected chi connectivity index (χ0v) is 12.3. The molecule has 0 bridgehead atoms. The van der Waals surface area contributed by atoms with E-state index < -0.39 is 4.92 Å². The second-order valence-corrected chi connectivity index (χ2v) is 5.48. The molecule has 1 heterocycles. The number of nitro groups is 1. The molecule has 7 nitrogen and oxygen atoms in total. The van der Waals surface area contributed by atoms with Gasteiger partial charge < -0.3 is 15.5 Å². The summed E-state index contributed by atoms with van der Waals surface area (Å²) in [6.07, 6.45) is 1.83. The lowest BCUT2D eigenvalue weighted by Crippen LogP contribution is -2.44. The van der Waals surface area contributed by atoms with E-state index in [2.05, 4.69) is 11.9 Å². The number of nitrogens with zero attached hydrogens (tertiary/aromatic N) is 3. The molecule has 0 saturated carbocycles. The number of nitrogen functional groups attached to an aromatic ring is 1. The van der Waals surface area contributed by atoms with Crippen LogP contribution >= 0.6 is 0 Å². The molecule has 1 aliphatic rings. The molecule has 0 radical (unpaired) electrons. The highest BCUT2D eigenvalue weighted by Gasteiger charge is 2.26. The number of carbonyl (C=O) groups is 1. The Kier molecular flexibility index (Phi) is 4.42. The van der Waals surface area contributed by atoms with Gasteiger partial charge in [-0.25, -0.2) is 0 Å². The van der Waals surface area contributed by atoms with E-state index in [1.54, 1.807) is 11.9 Å². The van der Waals surface area contributed by atoms with Gasteiger partial charge in [0.15, 0.2) is 0 Å². The van der Waals surface area contributed by atoms with Gasteiger partial charge in [0.25, 0.3) is 11.6 Å². The summed E-state index contributed by atoms with van der Waals surface area (Å²) >= 11 is 0. The van der Waals surface area contributed by atoms with E-state index in [4.69, 9.17) is 5.73 Å². The highest BCUT2D eigenvalue weighted by atomic mass is 16.6. The maximum absolute atomic E-state index is 12.5. The number of anilines is 1. The monoisotopic (exact) mass is 292 g/mol. The molecule has 21 heavy (non-hydrogen) atoms. The topological polar surface area (TPSA) is 92.7 Å². The molecule has 1 aromatic carbocycles. The Balaban J connectivity index is 2.16. The number of hydrogen-bond acceptors (Lipinski definition) is 5. The summed E-state index contributed by atoms with van der Waals surface area (Å²) in [5, 5.41) is 10.9. The first-order chi connectivity index (χ1) is 9.90. The maximum atomic E-state index is 12.5. The zero-order valence-electron chi connectivity index (χ0n) is 12.3. The number of rotatable bonds is 3. The molecular formula is C14H20N4O3. The van der Waals surface area contributed by atoms with Crippen LogP contribution in [0, 0.1) is 10.1 Å². The van der Waals surface area contributed by atoms with E-state index in [1.165, 1.54) is 18.2 Å². The van der Waals surface area contributed by atoms with E-state index in [0.717, 1.165) is 25.9 Å². The average Bonchev–Trinajstić information content (AvgIpc) is 2.46. The fourth-order valence-electron chi connectivity index (χ4n) is 2.59. The van der Waals surface area contributed by atoms with Crippen molar-refractivity contribution < 1.29 is 9.72 Å². The number of piperidine rings is 1. The van der Waals surface area contributed by atoms with Crippen LogP contribution in [0.1, 0.15) is 23.2 Å². The summed E-state index contributed by atoms with van der Waals surface area (Å²) in [7, 11) is 3.81. The van der Waals surface area contributed by atoms with Gasteiger partial charge in [0, 0.05) is 24.7 Å². The minimum absolute atomic E-state index is 0.0681. The van der Waals surface area contributed by atoms with E-state index in [1.807, 2.05) is 0 Å². The molecule has 0 unspecified atom stereocenters. The van der Waals surface area contributed by atoms with E-state index >= 15 is 0 Å². The van der Waals surface area contributed by atoms with Crippen molar-refractivity contribution >= 4 is 17.3 Å². The molecule has 114 valence electrons. The van der Waals surface area contributed by atoms with Crippen molar-refractivity contribution in [3.63, 3.8) is 0 Å². The van der Waals surface area contributed by atoms with Crippen LogP contribution in [0.2, 0.25) is 0 Å². The first kappa shape index (κ1) is 15.2. The Morgan fingerprint density at radius 3 is 2.62 bits per heavy atom. The SMILES string of the molecule is CN1CCC(N(C)C(=O)c2ccc(N)c([N+](=O)[O-])c2)CC1. The third-order valence-electron chi connectivity index (χ3n) is 4.03. The first-order valence-electron chi connectivity index (χ1n) is 6.89. The number of nitrogens with two attached hydrogens (primary N) is 1. The Morgan fingerprint density at radius 1 is 1.43 bits per heavy atom. The zero-order chi connectivity index (χ0) is 15.6. The molecule has 2 N–H and O–H groups in total. The van der Waals surface area contributed by atoms with E-state index in [0.29, 0.717) is 5.56 Å². The Labute approximate surface area is 123 Å². The molecule has 0 aliphatic carbocycles. The summed E-state index contributed by atoms with van der Waals surface area (Å²) in [6.45, 7) is 1.90. The van der Waals surface area contributed by atoms with Gasteiger partial charge in [-0.1, -0.05) is 0 Å². The molecule has 0 atom stereocenters. The normalized spacial score (nSPS) is 16.7. The summed E-state index contributed by atoms with van der Waals surface area (Å²) in [5.74, 6) is -0.201. The van der Waals surface area contributed by atoms with Gasteiger partial charge in [-0.2, -0.15) is 0 Å². The van der Waals surface area contributed by atoms with Crippen LogP contribution in [-0.4, -0.2) is 53.9 Å². The Morgan fingerprint density at radius 2 is 2.05 bits per heavy atom. The highest BCUT2D eigenvalue weighted by Crippen LogP contribution is 2.24. The maximum Gasteiger partial charge on any atom is 0.292 e. The number of nitro benzene ring substituents is 1. The molecule has 1 fully saturated rings. The quantitative estimate of drug-likeness (QED) is 0.515. The van der Waals surface area contributed by atoms with Gasteiger partial charge in [0.1, 0.15) is 5.69 Å². The van der Waals surface area contributed by atoms with Gasteiger partial charge in [-0.05, 0) is 45.1 Å². The van der Waals surface area contributed by atoms with Gasteiger partial charge in [0.05, 0.1) is 4.92 Å². The summed E-state index contributed by atoms with van der Waals surface area (Å²) < 4.78 is 0. The predicted octanol–water partition coefficient (Wildman–Crippen LogP) is 1.34. The predicted molar refractivity (Wildman–Crippen MR) is 80.1 cm³/mol. The van der Waals surface area contributed by atoms with E-state index in [9.17, 15) is 14.9 Å². The standard InChI is InChI=1S/C14H20N4O3/c1-16-7-5-11(6-8-16)17(2)14(19)10-3-4-12(15)13(9-10)18(20)21/h3-4,9,11H,5-8,15H2,1-2H3. The van der Waals surface area contributed by atoms with Crippen molar-refractivity contribution in [2.45, 2.75) is 18.9 Å². The number of carbonyl (C=O) groups excluding carboxylic acids is 1. The van der Waals surface area contributed by atoms with Crippen LogP contribution in [0.3, 0.4) is 0 Å². The van der Waals surface area contributed by atoms with Crippen LogP contribution in [0.15, 0.2) is 18.2 Å². The van der Waals surface area contributed by atoms with Crippen LogP contribution < -0.4 is 5.73 Å². The third-order valence-corrected chi connectivity index (χ3v) is 4.03. The number of hydrogen-bond donors (Lipinski definition) is 1. The second kappa shape index (κ2) is 6.09. The van der Waals surface area contributed by atoms with Crippen LogP contribution in [0.5, 0.6) is 0 Å². The van der Waals surface area contributed by atoms with Crippen LogP contribution in [-0.2, 0) is 0 Å². The first-order valence-corrected chi connectivity index (χ1v) is 6.89. The lowest BCUT2D eigenvalue weighted by Gasteiger charge is -2.35. The van der Waals surface area contributed by atoms with Gasteiger partial charge in [0.2, 0.25) is 0 Å². The molecule has 0 aromatic heterocycles. The average molecular weight is 292 g/mol. The Bertz CT molecular complexity index is 553. The summed E-state index contributed by atoms with van der Waals surface area (Å²) in [4.78, 5) is 26.7. The molecule has 1 amide bonds.